The number of nitrogens with zero attached hydrogens (tertiary/aromatic N) is 3. The van der Waals surface area contributed by atoms with Gasteiger partial charge in [0.1, 0.15) is 5.82 Å². The second kappa shape index (κ2) is 8.41. The highest BCUT2D eigenvalue weighted by molar-refractivity contribution is 9.10. The highest BCUT2D eigenvalue weighted by Gasteiger charge is 2.19. The molecule has 5 aromatic rings. The second-order valence-electron chi connectivity index (χ2n) is 7.43. The van der Waals surface area contributed by atoms with Crippen molar-refractivity contribution in [1.29, 1.82) is 0 Å². The Morgan fingerprint density at radius 3 is 2.53 bits per heavy atom. The summed E-state index contributed by atoms with van der Waals surface area (Å²) < 4.78 is 17.6. The number of aromatic nitrogens is 3. The maximum atomic E-state index is 14.8. The van der Waals surface area contributed by atoms with Crippen molar-refractivity contribution in [3.63, 3.8) is 0 Å². The minimum atomic E-state index is -0.295. The first-order valence-electron chi connectivity index (χ1n) is 10.0. The van der Waals surface area contributed by atoms with E-state index in [1.54, 1.807) is 6.07 Å². The summed E-state index contributed by atoms with van der Waals surface area (Å²) in [4.78, 5) is 17.9. The first-order valence-corrected chi connectivity index (χ1v) is 11.6. The number of halogens is 2. The predicted molar refractivity (Wildman–Crippen MR) is 129 cm³/mol. The van der Waals surface area contributed by atoms with Gasteiger partial charge in [0.05, 0.1) is 4.53 Å². The van der Waals surface area contributed by atoms with Crippen LogP contribution in [0.25, 0.3) is 22.2 Å². The fraction of sp³-hybridized carbons (Fsp3) is 0.0800. The van der Waals surface area contributed by atoms with Gasteiger partial charge in [-0.05, 0) is 34.9 Å². The average molecular weight is 506 g/mol. The molecule has 1 unspecified atom stereocenters. The van der Waals surface area contributed by atoms with Crippen molar-refractivity contribution >= 4 is 38.3 Å². The number of hydrogen-bond acceptors (Lipinski definition) is 4. The molecular weight excluding hydrogens is 489 g/mol. The van der Waals surface area contributed by atoms with Crippen LogP contribution in [0.4, 0.5) is 4.39 Å². The zero-order valence-corrected chi connectivity index (χ0v) is 19.4. The van der Waals surface area contributed by atoms with Crippen molar-refractivity contribution in [2.24, 2.45) is 0 Å². The molecule has 32 heavy (non-hydrogen) atoms. The van der Waals surface area contributed by atoms with Gasteiger partial charge in [-0.3, -0.25) is 4.79 Å². The standard InChI is InChI=1S/C25H17BrFN3OS/c1-15(17-11-12-19(21(27)13-17)16-7-3-2-4-8-16)23-28-25-30(29-23)24(31)22(32-25)14-18-9-5-6-10-20(18)26/h2-15H,1H3/b22-14-. The lowest BCUT2D eigenvalue weighted by atomic mass is 9.96. The third kappa shape index (κ3) is 3.78. The molecular formula is C25H17BrFN3OS. The van der Waals surface area contributed by atoms with Crippen LogP contribution in [0.5, 0.6) is 0 Å². The van der Waals surface area contributed by atoms with Crippen molar-refractivity contribution in [3.05, 3.63) is 115 Å². The lowest BCUT2D eigenvalue weighted by Gasteiger charge is -2.10. The molecule has 4 nitrogen and oxygen atoms in total. The van der Waals surface area contributed by atoms with E-state index in [9.17, 15) is 9.18 Å². The molecule has 0 radical (unpaired) electrons. The zero-order valence-electron chi connectivity index (χ0n) is 17.0. The van der Waals surface area contributed by atoms with Gasteiger partial charge in [-0.1, -0.05) is 94.9 Å². The Morgan fingerprint density at radius 1 is 1.06 bits per heavy atom. The summed E-state index contributed by atoms with van der Waals surface area (Å²) in [5, 5.41) is 4.43. The minimum absolute atomic E-state index is 0.211. The summed E-state index contributed by atoms with van der Waals surface area (Å²) in [7, 11) is 0. The van der Waals surface area contributed by atoms with Gasteiger partial charge in [-0.15, -0.1) is 5.10 Å². The number of thiazole rings is 1. The summed E-state index contributed by atoms with van der Waals surface area (Å²) in [6.07, 6.45) is 1.83. The van der Waals surface area contributed by atoms with Crippen molar-refractivity contribution in [3.8, 4) is 11.1 Å². The number of hydrogen-bond donors (Lipinski definition) is 0. The van der Waals surface area contributed by atoms with Crippen LogP contribution in [0.1, 0.15) is 29.8 Å². The molecule has 158 valence electrons. The Morgan fingerprint density at radius 2 is 1.81 bits per heavy atom. The molecule has 0 fully saturated rings. The van der Waals surface area contributed by atoms with Crippen LogP contribution in [0.15, 0.2) is 82.1 Å². The van der Waals surface area contributed by atoms with Gasteiger partial charge >= 0.3 is 0 Å². The van der Waals surface area contributed by atoms with Crippen molar-refractivity contribution < 1.29 is 4.39 Å². The van der Waals surface area contributed by atoms with Gasteiger partial charge in [0.2, 0.25) is 4.96 Å². The van der Waals surface area contributed by atoms with Gasteiger partial charge < -0.3 is 0 Å². The topological polar surface area (TPSA) is 47.3 Å². The minimum Gasteiger partial charge on any atom is -0.266 e. The quantitative estimate of drug-likeness (QED) is 0.327. The summed E-state index contributed by atoms with van der Waals surface area (Å²) in [6.45, 7) is 1.91. The fourth-order valence-electron chi connectivity index (χ4n) is 3.57. The van der Waals surface area contributed by atoms with Crippen LogP contribution in [-0.2, 0) is 0 Å². The smallest absolute Gasteiger partial charge is 0.266 e. The molecule has 0 saturated heterocycles. The summed E-state index contributed by atoms with van der Waals surface area (Å²) in [6, 6.07) is 22.3. The van der Waals surface area contributed by atoms with Gasteiger partial charge in [0.15, 0.2) is 5.82 Å². The highest BCUT2D eigenvalue weighted by atomic mass is 79.9. The monoisotopic (exact) mass is 505 g/mol. The highest BCUT2D eigenvalue weighted by Crippen LogP contribution is 2.28. The second-order valence-corrected chi connectivity index (χ2v) is 9.29. The van der Waals surface area contributed by atoms with Gasteiger partial charge in [0, 0.05) is 16.0 Å². The summed E-state index contributed by atoms with van der Waals surface area (Å²) in [5.41, 5.74) is 2.84. The lowest BCUT2D eigenvalue weighted by Crippen LogP contribution is -2.24. The van der Waals surface area contributed by atoms with Crippen LogP contribution in [0, 0.1) is 5.82 Å². The summed E-state index contributed by atoms with van der Waals surface area (Å²) >= 11 is 4.79. The molecule has 0 bridgehead atoms. The molecule has 7 heteroatoms. The van der Waals surface area contributed by atoms with E-state index in [1.807, 2.05) is 73.7 Å². The van der Waals surface area contributed by atoms with E-state index < -0.39 is 0 Å². The first-order chi connectivity index (χ1) is 15.5. The average Bonchev–Trinajstić information content (AvgIpc) is 3.34. The number of fused-ring (bicyclic) bond motifs is 1. The van der Waals surface area contributed by atoms with E-state index >= 15 is 0 Å². The Hall–Kier alpha value is -3.16. The lowest BCUT2D eigenvalue weighted by molar-refractivity contribution is 0.626. The summed E-state index contributed by atoms with van der Waals surface area (Å²) in [5.74, 6) is -0.0550. The van der Waals surface area contributed by atoms with Crippen molar-refractivity contribution in [2.45, 2.75) is 12.8 Å². The maximum absolute atomic E-state index is 14.8. The normalized spacial score (nSPS) is 13.0. The Labute approximate surface area is 195 Å². The van der Waals surface area contributed by atoms with Crippen LogP contribution < -0.4 is 10.1 Å². The first kappa shape index (κ1) is 20.7. The Balaban J connectivity index is 1.49. The Bertz CT molecular complexity index is 1550. The third-order valence-electron chi connectivity index (χ3n) is 5.36. The van der Waals surface area contributed by atoms with Crippen molar-refractivity contribution in [1.82, 2.24) is 14.6 Å². The molecule has 2 aromatic heterocycles. The number of rotatable bonds is 4. The molecule has 1 atom stereocenters. The maximum Gasteiger partial charge on any atom is 0.291 e. The molecule has 0 aliphatic rings. The molecule has 0 aliphatic carbocycles. The van der Waals surface area contributed by atoms with Gasteiger partial charge in [-0.2, -0.15) is 4.52 Å². The Kier molecular flexibility index (Phi) is 5.45. The van der Waals surface area contributed by atoms with Crippen LogP contribution in [-0.4, -0.2) is 14.6 Å². The molecule has 0 aliphatic heterocycles. The van der Waals surface area contributed by atoms with Gasteiger partial charge in [-0.25, -0.2) is 9.37 Å². The SMILES string of the molecule is CC(c1ccc(-c2ccccc2)c(F)c1)c1nc2s/c(=C\c3ccccc3Br)c(=O)n2n1. The molecule has 0 saturated carbocycles. The predicted octanol–water partition coefficient (Wildman–Crippen LogP) is 5.42. The molecule has 0 spiro atoms. The van der Waals surface area contributed by atoms with Crippen LogP contribution in [0.3, 0.4) is 0 Å². The van der Waals surface area contributed by atoms with E-state index in [0.29, 0.717) is 20.9 Å². The fourth-order valence-corrected chi connectivity index (χ4v) is 4.87. The van der Waals surface area contributed by atoms with E-state index in [1.165, 1.54) is 21.9 Å². The van der Waals surface area contributed by atoms with E-state index in [0.717, 1.165) is 21.2 Å². The van der Waals surface area contributed by atoms with Crippen LogP contribution >= 0.6 is 27.3 Å². The van der Waals surface area contributed by atoms with E-state index in [-0.39, 0.29) is 17.3 Å². The largest absolute Gasteiger partial charge is 0.291 e. The van der Waals surface area contributed by atoms with E-state index in [2.05, 4.69) is 26.0 Å². The molecule has 0 amide bonds. The van der Waals surface area contributed by atoms with Crippen molar-refractivity contribution in [2.75, 3.05) is 0 Å². The zero-order chi connectivity index (χ0) is 22.2. The van der Waals surface area contributed by atoms with Gasteiger partial charge in [0.25, 0.3) is 5.56 Å². The van der Waals surface area contributed by atoms with Crippen LogP contribution in [0.2, 0.25) is 0 Å². The number of benzene rings is 3. The molecule has 0 N–H and O–H groups in total. The van der Waals surface area contributed by atoms with E-state index in [4.69, 9.17) is 0 Å². The third-order valence-corrected chi connectivity index (χ3v) is 7.04. The molecule has 3 aromatic carbocycles. The molecule has 5 rings (SSSR count). The molecule has 2 heterocycles.